The highest BCUT2D eigenvalue weighted by molar-refractivity contribution is 7.92. The van der Waals surface area contributed by atoms with Gasteiger partial charge in [-0.05, 0) is 50.9 Å². The fourth-order valence-corrected chi connectivity index (χ4v) is 5.39. The number of amides is 1. The second kappa shape index (κ2) is 10.2. The molecular formula is C24H35N5O5S. The average Bonchev–Trinajstić information content (AvgIpc) is 3.50. The Balaban J connectivity index is 1.64. The van der Waals surface area contributed by atoms with E-state index >= 15 is 0 Å². The predicted octanol–water partition coefficient (Wildman–Crippen LogP) is 1.78. The smallest absolute Gasteiger partial charge is 0.280 e. The molecule has 0 bridgehead atoms. The van der Waals surface area contributed by atoms with Gasteiger partial charge in [0.1, 0.15) is 11.9 Å². The van der Waals surface area contributed by atoms with Crippen LogP contribution in [-0.4, -0.2) is 84.2 Å². The zero-order chi connectivity index (χ0) is 25.3. The van der Waals surface area contributed by atoms with Crippen LogP contribution in [0.4, 0.5) is 5.69 Å². The first-order valence-electron chi connectivity index (χ1n) is 12.0. The van der Waals surface area contributed by atoms with Gasteiger partial charge in [0.05, 0.1) is 24.5 Å². The van der Waals surface area contributed by atoms with Gasteiger partial charge >= 0.3 is 0 Å². The van der Waals surface area contributed by atoms with Crippen molar-refractivity contribution >= 4 is 21.6 Å². The van der Waals surface area contributed by atoms with E-state index in [1.807, 2.05) is 0 Å². The number of nitrogens with zero attached hydrogens (tertiary/aromatic N) is 4. The molecule has 1 aromatic carbocycles. The van der Waals surface area contributed by atoms with Crippen LogP contribution in [0.15, 0.2) is 35.7 Å². The minimum atomic E-state index is -3.92. The number of benzene rings is 1. The molecule has 2 aliphatic rings. The van der Waals surface area contributed by atoms with E-state index in [2.05, 4.69) is 28.6 Å². The Morgan fingerprint density at radius 2 is 2.06 bits per heavy atom. The number of fused-ring (bicyclic) bond motifs is 1. The molecule has 2 heterocycles. The van der Waals surface area contributed by atoms with Crippen LogP contribution in [0, 0.1) is 11.8 Å². The Morgan fingerprint density at radius 3 is 2.69 bits per heavy atom. The van der Waals surface area contributed by atoms with Gasteiger partial charge in [-0.1, -0.05) is 6.92 Å². The van der Waals surface area contributed by atoms with Crippen molar-refractivity contribution in [3.63, 3.8) is 0 Å². The number of aliphatic hydroxyl groups excluding tert-OH is 1. The highest BCUT2D eigenvalue weighted by Crippen LogP contribution is 2.32. The average molecular weight is 506 g/mol. The van der Waals surface area contributed by atoms with Gasteiger partial charge in [0.15, 0.2) is 5.03 Å². The molecule has 35 heavy (non-hydrogen) atoms. The number of hydrogen-bond donors (Lipinski definition) is 2. The van der Waals surface area contributed by atoms with Crippen LogP contribution >= 0.6 is 0 Å². The van der Waals surface area contributed by atoms with E-state index in [1.54, 1.807) is 35.6 Å². The Morgan fingerprint density at radius 1 is 1.31 bits per heavy atom. The van der Waals surface area contributed by atoms with Crippen molar-refractivity contribution in [2.24, 2.45) is 18.9 Å². The Bertz CT molecular complexity index is 1160. The van der Waals surface area contributed by atoms with E-state index in [9.17, 15) is 18.3 Å². The summed E-state index contributed by atoms with van der Waals surface area (Å²) in [4.78, 5) is 21.4. The maximum atomic E-state index is 13.5. The summed E-state index contributed by atoms with van der Waals surface area (Å²) in [5, 5.41) is 9.71. The van der Waals surface area contributed by atoms with Gasteiger partial charge in [-0.15, -0.1) is 0 Å². The zero-order valence-electron chi connectivity index (χ0n) is 20.7. The second-order valence-electron chi connectivity index (χ2n) is 9.98. The van der Waals surface area contributed by atoms with Crippen molar-refractivity contribution in [3.8, 4) is 5.75 Å². The highest BCUT2D eigenvalue weighted by Gasteiger charge is 2.34. The number of nitrogens with one attached hydrogen (secondary N) is 1. The number of imidazole rings is 1. The molecule has 192 valence electrons. The molecule has 1 aliphatic heterocycles. The van der Waals surface area contributed by atoms with E-state index in [0.717, 1.165) is 12.5 Å². The number of carbonyl (C=O) groups excluding carboxylic acids is 1. The first-order valence-corrected chi connectivity index (χ1v) is 13.5. The maximum Gasteiger partial charge on any atom is 0.280 e. The highest BCUT2D eigenvalue weighted by atomic mass is 32.2. The molecule has 0 unspecified atom stereocenters. The van der Waals surface area contributed by atoms with Gasteiger partial charge < -0.3 is 24.2 Å². The van der Waals surface area contributed by atoms with Crippen molar-refractivity contribution in [3.05, 3.63) is 36.3 Å². The van der Waals surface area contributed by atoms with Crippen LogP contribution < -0.4 is 9.46 Å². The maximum absolute atomic E-state index is 13.5. The standard InChI is InChI=1S/C24H35N5O5S/c1-16-10-29(17(2)14-30)24(31)20-9-19(26-35(32,33)23-13-28(4)15-25-23)7-8-21(20)34-22(16)12-27(3)11-18-5-6-18/h7-9,13,15-18,22,26,30H,5-6,10-12,14H2,1-4H3/t16-,17-,22-/m0/s1. The van der Waals surface area contributed by atoms with Crippen molar-refractivity contribution in [1.82, 2.24) is 19.4 Å². The van der Waals surface area contributed by atoms with Crippen LogP contribution in [-0.2, 0) is 17.1 Å². The normalized spacial score (nSPS) is 21.8. The molecule has 2 N–H and O–H groups in total. The lowest BCUT2D eigenvalue weighted by Crippen LogP contribution is -2.50. The summed E-state index contributed by atoms with van der Waals surface area (Å²) in [5.41, 5.74) is 0.493. The molecule has 10 nitrogen and oxygen atoms in total. The number of aliphatic hydroxyl groups is 1. The summed E-state index contributed by atoms with van der Waals surface area (Å²) in [6.07, 6.45) is 5.17. The number of anilines is 1. The number of rotatable bonds is 9. The molecule has 0 spiro atoms. The molecule has 11 heteroatoms. The van der Waals surface area contributed by atoms with Gasteiger partial charge in [0, 0.05) is 44.5 Å². The van der Waals surface area contributed by atoms with E-state index < -0.39 is 16.1 Å². The monoisotopic (exact) mass is 505 g/mol. The third kappa shape index (κ3) is 5.96. The third-order valence-corrected chi connectivity index (χ3v) is 7.90. The summed E-state index contributed by atoms with van der Waals surface area (Å²) in [7, 11) is -0.152. The minimum Gasteiger partial charge on any atom is -0.488 e. The molecule has 2 aromatic rings. The lowest BCUT2D eigenvalue weighted by molar-refractivity contribution is 0.0344. The SMILES string of the molecule is C[C@H]1CN([C@@H](C)CO)C(=O)c2cc(NS(=O)(=O)c3cn(C)cn3)ccc2O[C@H]1CN(C)CC1CC1. The van der Waals surface area contributed by atoms with Crippen molar-refractivity contribution < 1.29 is 23.1 Å². The number of sulfonamides is 1. The molecule has 1 saturated carbocycles. The summed E-state index contributed by atoms with van der Waals surface area (Å²) < 4.78 is 36.0. The Kier molecular flexibility index (Phi) is 7.39. The van der Waals surface area contributed by atoms with Crippen LogP contribution in [0.5, 0.6) is 5.75 Å². The van der Waals surface area contributed by atoms with E-state index in [1.165, 1.54) is 31.4 Å². The molecule has 0 saturated heterocycles. The summed E-state index contributed by atoms with van der Waals surface area (Å²) >= 11 is 0. The van der Waals surface area contributed by atoms with E-state index in [4.69, 9.17) is 4.74 Å². The first-order chi connectivity index (χ1) is 16.6. The van der Waals surface area contributed by atoms with Crippen molar-refractivity contribution in [1.29, 1.82) is 0 Å². The van der Waals surface area contributed by atoms with E-state index in [0.29, 0.717) is 18.8 Å². The molecular weight excluding hydrogens is 470 g/mol. The summed E-state index contributed by atoms with van der Waals surface area (Å²) in [6, 6.07) is 4.33. The van der Waals surface area contributed by atoms with Gasteiger partial charge in [-0.25, -0.2) is 4.98 Å². The van der Waals surface area contributed by atoms with Crippen LogP contribution in [0.2, 0.25) is 0 Å². The van der Waals surface area contributed by atoms with E-state index in [-0.39, 0.29) is 40.8 Å². The third-order valence-electron chi connectivity index (χ3n) is 6.63. The molecule has 1 aliphatic carbocycles. The molecule has 1 amide bonds. The van der Waals surface area contributed by atoms with Gasteiger partial charge in [-0.3, -0.25) is 9.52 Å². The fraction of sp³-hybridized carbons (Fsp3) is 0.583. The summed E-state index contributed by atoms with van der Waals surface area (Å²) in [5.74, 6) is 0.878. The summed E-state index contributed by atoms with van der Waals surface area (Å²) in [6.45, 7) is 5.83. The quantitative estimate of drug-likeness (QED) is 0.534. The second-order valence-corrected chi connectivity index (χ2v) is 11.6. The number of likely N-dealkylation sites (N-methyl/N-ethyl adjacent to an activating group) is 1. The lowest BCUT2D eigenvalue weighted by atomic mass is 9.99. The number of hydrogen-bond acceptors (Lipinski definition) is 7. The molecule has 1 fully saturated rings. The van der Waals surface area contributed by atoms with Gasteiger partial charge in [0.25, 0.3) is 15.9 Å². The topological polar surface area (TPSA) is 117 Å². The lowest BCUT2D eigenvalue weighted by Gasteiger charge is -2.38. The fourth-order valence-electron chi connectivity index (χ4n) is 4.36. The predicted molar refractivity (Wildman–Crippen MR) is 132 cm³/mol. The Labute approximate surface area is 206 Å². The largest absolute Gasteiger partial charge is 0.488 e. The number of ether oxygens (including phenoxy) is 1. The first kappa shape index (κ1) is 25.5. The number of aromatic nitrogens is 2. The molecule has 1 aromatic heterocycles. The molecule has 3 atom stereocenters. The van der Waals surface area contributed by atoms with Gasteiger partial charge in [0.2, 0.25) is 0 Å². The molecule has 0 radical (unpaired) electrons. The van der Waals surface area contributed by atoms with Crippen molar-refractivity contribution in [2.75, 3.05) is 38.0 Å². The minimum absolute atomic E-state index is 0.0325. The molecule has 4 rings (SSSR count). The van der Waals surface area contributed by atoms with Crippen LogP contribution in [0.3, 0.4) is 0 Å². The van der Waals surface area contributed by atoms with Crippen LogP contribution in [0.25, 0.3) is 0 Å². The number of carbonyl (C=O) groups is 1. The zero-order valence-corrected chi connectivity index (χ0v) is 21.5. The Hall–Kier alpha value is -2.63. The van der Waals surface area contributed by atoms with Crippen LogP contribution in [0.1, 0.15) is 37.0 Å². The van der Waals surface area contributed by atoms with Crippen molar-refractivity contribution in [2.45, 2.75) is 43.9 Å². The van der Waals surface area contributed by atoms with Gasteiger partial charge in [-0.2, -0.15) is 8.42 Å². The number of aryl methyl sites for hydroxylation is 1.